The van der Waals surface area contributed by atoms with Gasteiger partial charge < -0.3 is 33.2 Å². The van der Waals surface area contributed by atoms with Crippen molar-refractivity contribution >= 4 is 29.8 Å². The van der Waals surface area contributed by atoms with Crippen LogP contribution < -0.4 is 18.9 Å². The van der Waals surface area contributed by atoms with Gasteiger partial charge in [0.1, 0.15) is 29.2 Å². The molecular weight excluding hydrogens is 492 g/mol. The molecule has 0 aromatic heterocycles. The van der Waals surface area contributed by atoms with Crippen LogP contribution >= 0.6 is 0 Å². The van der Waals surface area contributed by atoms with E-state index in [2.05, 4.69) is 0 Å². The summed E-state index contributed by atoms with van der Waals surface area (Å²) in [6.45, 7) is 6.04. The molecule has 0 fully saturated rings. The Bertz CT molecular complexity index is 1390. The molecule has 0 N–H and O–H groups in total. The molecule has 0 unspecified atom stereocenters. The summed E-state index contributed by atoms with van der Waals surface area (Å²) in [6, 6.07) is 1.62. The van der Waals surface area contributed by atoms with E-state index in [1.165, 1.54) is 7.11 Å². The number of esters is 5. The van der Waals surface area contributed by atoms with Crippen molar-refractivity contribution in [2.75, 3.05) is 7.11 Å². The molecule has 12 heteroatoms. The molecule has 0 radical (unpaired) electrons. The minimum Gasteiger partial charge on any atom is -0.496 e. The second-order valence-corrected chi connectivity index (χ2v) is 8.19. The van der Waals surface area contributed by atoms with Crippen molar-refractivity contribution in [2.45, 2.75) is 47.5 Å². The average molecular weight is 514 g/mol. The third-order valence-electron chi connectivity index (χ3n) is 5.59. The first-order valence-corrected chi connectivity index (χ1v) is 10.9. The standard InChI is InChI=1S/C25H22O12/c1-9-7-15(31-6)10(2)19-16(9)23(29)36-21-14(8-32-11(3)26)20(33-12(4)27)17-18(22(21)35-19)25(34-13(5)28)37-24(17)30/h7,25H,8H2,1-6H3/t25-/m1/s1. The summed E-state index contributed by atoms with van der Waals surface area (Å²) in [5.74, 6) is -4.66. The molecule has 2 aliphatic heterocycles. The number of cyclic esters (lactones) is 1. The Balaban J connectivity index is 2.10. The van der Waals surface area contributed by atoms with Gasteiger partial charge in [-0.05, 0) is 25.5 Å². The molecule has 0 saturated heterocycles. The van der Waals surface area contributed by atoms with Crippen LogP contribution in [0.2, 0.25) is 0 Å². The third kappa shape index (κ3) is 4.41. The predicted octanol–water partition coefficient (Wildman–Crippen LogP) is 3.36. The number of carbonyl (C=O) groups excluding carboxylic acids is 5. The van der Waals surface area contributed by atoms with Gasteiger partial charge in [-0.25, -0.2) is 9.59 Å². The molecule has 2 heterocycles. The van der Waals surface area contributed by atoms with E-state index in [1.807, 2.05) is 0 Å². The van der Waals surface area contributed by atoms with Crippen molar-refractivity contribution in [3.8, 4) is 28.7 Å². The van der Waals surface area contributed by atoms with Crippen LogP contribution in [-0.2, 0) is 35.2 Å². The van der Waals surface area contributed by atoms with Crippen molar-refractivity contribution in [3.63, 3.8) is 0 Å². The maximum Gasteiger partial charge on any atom is 0.347 e. The van der Waals surface area contributed by atoms with Crippen molar-refractivity contribution in [2.24, 2.45) is 0 Å². The molecule has 2 aliphatic rings. The lowest BCUT2D eigenvalue weighted by Gasteiger charge is -2.20. The van der Waals surface area contributed by atoms with Crippen LogP contribution in [0.5, 0.6) is 28.7 Å². The van der Waals surface area contributed by atoms with Gasteiger partial charge in [0.2, 0.25) is 0 Å². The zero-order chi connectivity index (χ0) is 27.2. The summed E-state index contributed by atoms with van der Waals surface area (Å²) in [6.07, 6.45) is -1.61. The van der Waals surface area contributed by atoms with E-state index in [1.54, 1.807) is 19.9 Å². The molecule has 12 nitrogen and oxygen atoms in total. The number of ether oxygens (including phenoxy) is 7. The molecule has 2 aromatic carbocycles. The highest BCUT2D eigenvalue weighted by atomic mass is 16.7. The first-order chi connectivity index (χ1) is 17.4. The van der Waals surface area contributed by atoms with Crippen molar-refractivity contribution in [3.05, 3.63) is 39.4 Å². The topological polar surface area (TPSA) is 150 Å². The number of carbonyl (C=O) groups is 5. The van der Waals surface area contributed by atoms with Gasteiger partial charge in [-0.3, -0.25) is 14.4 Å². The Morgan fingerprint density at radius 3 is 2.19 bits per heavy atom. The molecule has 1 atom stereocenters. The molecule has 0 amide bonds. The lowest BCUT2D eigenvalue weighted by molar-refractivity contribution is -0.165. The normalized spacial score (nSPS) is 15.1. The quantitative estimate of drug-likeness (QED) is 0.425. The maximum atomic E-state index is 13.3. The van der Waals surface area contributed by atoms with Crippen LogP contribution in [0.4, 0.5) is 0 Å². The lowest BCUT2D eigenvalue weighted by Crippen LogP contribution is -2.15. The number of hydrogen-bond donors (Lipinski definition) is 0. The molecule has 2 aromatic rings. The molecule has 0 aliphatic carbocycles. The Kier molecular flexibility index (Phi) is 6.51. The van der Waals surface area contributed by atoms with Gasteiger partial charge in [-0.15, -0.1) is 0 Å². The molecule has 0 saturated carbocycles. The van der Waals surface area contributed by atoms with Crippen LogP contribution in [0.3, 0.4) is 0 Å². The van der Waals surface area contributed by atoms with Crippen LogP contribution in [0.25, 0.3) is 0 Å². The van der Waals surface area contributed by atoms with Crippen molar-refractivity contribution in [1.29, 1.82) is 0 Å². The number of rotatable bonds is 5. The summed E-state index contributed by atoms with van der Waals surface area (Å²) in [5.41, 5.74) is 0.324. The third-order valence-corrected chi connectivity index (χ3v) is 5.59. The van der Waals surface area contributed by atoms with E-state index in [9.17, 15) is 24.0 Å². The van der Waals surface area contributed by atoms with Crippen LogP contribution in [0.15, 0.2) is 6.07 Å². The first kappa shape index (κ1) is 25.5. The maximum absolute atomic E-state index is 13.3. The molecule has 194 valence electrons. The SMILES string of the molecule is COc1cc(C)c2c(c1C)Oc1c(c(COC(C)=O)c(OC(C)=O)c3c1[C@H](OC(C)=O)OC3=O)OC2=O. The lowest BCUT2D eigenvalue weighted by atomic mass is 10.00. The fraction of sp³-hybridized carbons (Fsp3) is 0.320. The molecule has 4 rings (SSSR count). The number of methoxy groups -OCH3 is 1. The van der Waals surface area contributed by atoms with Crippen LogP contribution in [-0.4, -0.2) is 37.0 Å². The average Bonchev–Trinajstić information content (AvgIpc) is 3.01. The van der Waals surface area contributed by atoms with Crippen molar-refractivity contribution in [1.82, 2.24) is 0 Å². The van der Waals surface area contributed by atoms with E-state index < -0.39 is 48.5 Å². The molecule has 37 heavy (non-hydrogen) atoms. The first-order valence-electron chi connectivity index (χ1n) is 10.9. The summed E-state index contributed by atoms with van der Waals surface area (Å²) >= 11 is 0. The van der Waals surface area contributed by atoms with Gasteiger partial charge in [0.05, 0.1) is 18.2 Å². The summed E-state index contributed by atoms with van der Waals surface area (Å²) < 4.78 is 38.1. The van der Waals surface area contributed by atoms with E-state index >= 15 is 0 Å². The Morgan fingerprint density at radius 1 is 0.892 bits per heavy atom. The summed E-state index contributed by atoms with van der Waals surface area (Å²) in [4.78, 5) is 61.7. The zero-order valence-electron chi connectivity index (χ0n) is 20.8. The predicted molar refractivity (Wildman–Crippen MR) is 121 cm³/mol. The van der Waals surface area contributed by atoms with Gasteiger partial charge in [0, 0.05) is 26.3 Å². The van der Waals surface area contributed by atoms with E-state index in [-0.39, 0.29) is 39.5 Å². The van der Waals surface area contributed by atoms with E-state index in [0.29, 0.717) is 16.9 Å². The Hall–Kier alpha value is -4.61. The minimum atomic E-state index is -1.61. The monoisotopic (exact) mass is 514 g/mol. The smallest absolute Gasteiger partial charge is 0.347 e. The number of hydrogen-bond acceptors (Lipinski definition) is 12. The number of aryl methyl sites for hydroxylation is 1. The van der Waals surface area contributed by atoms with Gasteiger partial charge in [-0.2, -0.15) is 0 Å². The number of benzene rings is 2. The highest BCUT2D eigenvalue weighted by Crippen LogP contribution is 2.55. The van der Waals surface area contributed by atoms with Gasteiger partial charge >= 0.3 is 29.8 Å². The highest BCUT2D eigenvalue weighted by Gasteiger charge is 2.46. The van der Waals surface area contributed by atoms with Crippen LogP contribution in [0.1, 0.15) is 70.0 Å². The van der Waals surface area contributed by atoms with E-state index in [4.69, 9.17) is 33.2 Å². The number of fused-ring (bicyclic) bond motifs is 4. The Morgan fingerprint density at radius 2 is 1.59 bits per heavy atom. The summed E-state index contributed by atoms with van der Waals surface area (Å²) in [7, 11) is 1.45. The van der Waals surface area contributed by atoms with E-state index in [0.717, 1.165) is 20.8 Å². The van der Waals surface area contributed by atoms with Gasteiger partial charge in [0.25, 0.3) is 6.29 Å². The molecule has 0 spiro atoms. The summed E-state index contributed by atoms with van der Waals surface area (Å²) in [5, 5.41) is 0. The highest BCUT2D eigenvalue weighted by molar-refractivity contribution is 6.03. The molecule has 0 bridgehead atoms. The second kappa shape index (κ2) is 9.45. The fourth-order valence-corrected chi connectivity index (χ4v) is 4.09. The van der Waals surface area contributed by atoms with Gasteiger partial charge in [-0.1, -0.05) is 0 Å². The molecular formula is C25H22O12. The largest absolute Gasteiger partial charge is 0.496 e. The second-order valence-electron chi connectivity index (χ2n) is 8.19. The van der Waals surface area contributed by atoms with Gasteiger partial charge in [0.15, 0.2) is 17.2 Å². The minimum absolute atomic E-state index is 0.0578. The zero-order valence-corrected chi connectivity index (χ0v) is 20.8. The Labute approximate surface area is 210 Å². The fourth-order valence-electron chi connectivity index (χ4n) is 4.09. The van der Waals surface area contributed by atoms with Crippen LogP contribution in [0, 0.1) is 13.8 Å². The van der Waals surface area contributed by atoms with Crippen molar-refractivity contribution < 1.29 is 57.1 Å².